The summed E-state index contributed by atoms with van der Waals surface area (Å²) in [5, 5.41) is 3.70. The van der Waals surface area contributed by atoms with Gasteiger partial charge in [0.1, 0.15) is 12.6 Å². The molecule has 0 spiro atoms. The van der Waals surface area contributed by atoms with Gasteiger partial charge in [-0.3, -0.25) is 14.5 Å². The van der Waals surface area contributed by atoms with Gasteiger partial charge in [-0.25, -0.2) is 4.79 Å². The molecule has 0 bridgehead atoms. The topological polar surface area (TPSA) is 85.5 Å². The summed E-state index contributed by atoms with van der Waals surface area (Å²) in [6.45, 7) is 0.0866. The number of amides is 4. The summed E-state index contributed by atoms with van der Waals surface area (Å²) >= 11 is 7.31. The fraction of sp³-hybridized carbons (Fsp3) is 0.250. The molecule has 7 nitrogen and oxygen atoms in total. The van der Waals surface area contributed by atoms with Crippen LogP contribution in [-0.4, -0.2) is 52.3 Å². The van der Waals surface area contributed by atoms with Gasteiger partial charge in [0, 0.05) is 35.4 Å². The number of nitrogens with one attached hydrogen (secondary N) is 2. The molecule has 1 fully saturated rings. The van der Waals surface area contributed by atoms with Gasteiger partial charge < -0.3 is 15.2 Å². The normalized spacial score (nSPS) is 16.5. The second-order valence-electron chi connectivity index (χ2n) is 6.95. The van der Waals surface area contributed by atoms with Crippen LogP contribution in [0, 0.1) is 0 Å². The number of para-hydroxylation sites is 1. The van der Waals surface area contributed by atoms with E-state index >= 15 is 0 Å². The van der Waals surface area contributed by atoms with Crippen molar-refractivity contribution in [3.8, 4) is 0 Å². The van der Waals surface area contributed by atoms with E-state index in [0.717, 1.165) is 26.2 Å². The van der Waals surface area contributed by atoms with Crippen LogP contribution in [0.2, 0.25) is 4.34 Å². The molecule has 4 amide bonds. The van der Waals surface area contributed by atoms with Gasteiger partial charge in [0.25, 0.3) is 5.91 Å². The maximum atomic E-state index is 12.7. The van der Waals surface area contributed by atoms with E-state index in [2.05, 4.69) is 10.3 Å². The van der Waals surface area contributed by atoms with Crippen molar-refractivity contribution in [3.05, 3.63) is 57.4 Å². The van der Waals surface area contributed by atoms with E-state index in [9.17, 15) is 14.4 Å². The van der Waals surface area contributed by atoms with Crippen molar-refractivity contribution in [1.82, 2.24) is 20.1 Å². The molecule has 0 saturated carbocycles. The van der Waals surface area contributed by atoms with Crippen molar-refractivity contribution >= 4 is 51.7 Å². The molecule has 3 aromatic rings. The molecular formula is C20H19ClN4O3S. The number of H-pyrrole nitrogens is 1. The zero-order valence-corrected chi connectivity index (χ0v) is 17.2. The Balaban J connectivity index is 1.40. The molecule has 0 unspecified atom stereocenters. The van der Waals surface area contributed by atoms with E-state index < -0.39 is 12.1 Å². The zero-order chi connectivity index (χ0) is 20.5. The van der Waals surface area contributed by atoms with Gasteiger partial charge >= 0.3 is 6.03 Å². The van der Waals surface area contributed by atoms with Gasteiger partial charge in [-0.15, -0.1) is 11.3 Å². The molecule has 1 aromatic carbocycles. The second-order valence-corrected chi connectivity index (χ2v) is 8.75. The lowest BCUT2D eigenvalue weighted by atomic mass is 10.1. The zero-order valence-electron chi connectivity index (χ0n) is 15.6. The van der Waals surface area contributed by atoms with Gasteiger partial charge in [0.15, 0.2) is 0 Å². The molecule has 2 N–H and O–H groups in total. The van der Waals surface area contributed by atoms with Gasteiger partial charge in [0.2, 0.25) is 5.91 Å². The van der Waals surface area contributed by atoms with Crippen molar-refractivity contribution in [3.63, 3.8) is 0 Å². The minimum atomic E-state index is -0.684. The maximum Gasteiger partial charge on any atom is 0.325 e. The number of hydrogen-bond donors (Lipinski definition) is 2. The lowest BCUT2D eigenvalue weighted by Gasteiger charge is -2.19. The Labute approximate surface area is 176 Å². The van der Waals surface area contributed by atoms with E-state index in [4.69, 9.17) is 11.6 Å². The Morgan fingerprint density at radius 3 is 2.79 bits per heavy atom. The summed E-state index contributed by atoms with van der Waals surface area (Å²) in [6, 6.07) is 10.2. The summed E-state index contributed by atoms with van der Waals surface area (Å²) in [4.78, 5) is 44.1. The molecule has 1 atom stereocenters. The van der Waals surface area contributed by atoms with E-state index in [-0.39, 0.29) is 18.4 Å². The molecule has 0 radical (unpaired) electrons. The van der Waals surface area contributed by atoms with Crippen LogP contribution < -0.4 is 5.32 Å². The number of thiophene rings is 1. The minimum Gasteiger partial charge on any atom is -0.361 e. The average Bonchev–Trinajstić information content (AvgIpc) is 3.37. The van der Waals surface area contributed by atoms with Crippen LogP contribution in [0.3, 0.4) is 0 Å². The summed E-state index contributed by atoms with van der Waals surface area (Å²) in [6.07, 6.45) is 2.21. The van der Waals surface area contributed by atoms with Crippen LogP contribution in [0.25, 0.3) is 10.9 Å². The molecule has 9 heteroatoms. The monoisotopic (exact) mass is 430 g/mol. The third-order valence-corrected chi connectivity index (χ3v) is 6.16. The number of carbonyl (C=O) groups excluding carboxylic acids is 3. The number of carbonyl (C=O) groups is 3. The number of likely N-dealkylation sites (N-methyl/N-ethyl adjacent to an activating group) is 1. The van der Waals surface area contributed by atoms with Gasteiger partial charge in [0.05, 0.1) is 10.9 Å². The lowest BCUT2D eigenvalue weighted by molar-refractivity contribution is -0.136. The Morgan fingerprint density at radius 2 is 2.03 bits per heavy atom. The lowest BCUT2D eigenvalue weighted by Crippen LogP contribution is -2.41. The first kappa shape index (κ1) is 19.5. The first-order valence-electron chi connectivity index (χ1n) is 9.07. The second kappa shape index (κ2) is 7.88. The third-order valence-electron chi connectivity index (χ3n) is 4.95. The summed E-state index contributed by atoms with van der Waals surface area (Å²) < 4.78 is 0.648. The molecule has 1 saturated heterocycles. The molecule has 0 aliphatic carbocycles. The van der Waals surface area contributed by atoms with Crippen molar-refractivity contribution in [2.75, 3.05) is 13.6 Å². The Morgan fingerprint density at radius 1 is 1.24 bits per heavy atom. The van der Waals surface area contributed by atoms with Crippen molar-refractivity contribution in [2.45, 2.75) is 19.0 Å². The van der Waals surface area contributed by atoms with Crippen molar-refractivity contribution < 1.29 is 14.4 Å². The fourth-order valence-corrected chi connectivity index (χ4v) is 4.54. The minimum absolute atomic E-state index is 0.287. The molecule has 1 aliphatic rings. The first-order chi connectivity index (χ1) is 13.9. The molecule has 150 valence electrons. The molecule has 29 heavy (non-hydrogen) atoms. The average molecular weight is 431 g/mol. The number of urea groups is 1. The first-order valence-corrected chi connectivity index (χ1v) is 10.3. The molecule has 3 heterocycles. The smallest absolute Gasteiger partial charge is 0.325 e. The predicted octanol–water partition coefficient (Wildman–Crippen LogP) is 3.00. The van der Waals surface area contributed by atoms with Crippen LogP contribution in [0.4, 0.5) is 4.79 Å². The highest BCUT2D eigenvalue weighted by atomic mass is 35.5. The fourth-order valence-electron chi connectivity index (χ4n) is 3.40. The maximum absolute atomic E-state index is 12.7. The van der Waals surface area contributed by atoms with Crippen LogP contribution in [0.5, 0.6) is 0 Å². The van der Waals surface area contributed by atoms with Crippen LogP contribution in [-0.2, 0) is 22.6 Å². The van der Waals surface area contributed by atoms with Gasteiger partial charge in [-0.1, -0.05) is 29.8 Å². The van der Waals surface area contributed by atoms with Crippen molar-refractivity contribution in [1.29, 1.82) is 0 Å². The Bertz CT molecular complexity index is 1090. The van der Waals surface area contributed by atoms with Crippen LogP contribution in [0.15, 0.2) is 42.6 Å². The number of rotatable bonds is 6. The number of hydrogen-bond acceptors (Lipinski definition) is 4. The number of halogens is 1. The Hall–Kier alpha value is -2.84. The third kappa shape index (κ3) is 3.99. The van der Waals surface area contributed by atoms with Crippen LogP contribution in [0.1, 0.15) is 10.4 Å². The van der Waals surface area contributed by atoms with Crippen molar-refractivity contribution in [2.24, 2.45) is 0 Å². The van der Waals surface area contributed by atoms with Gasteiger partial charge in [-0.2, -0.15) is 0 Å². The largest absolute Gasteiger partial charge is 0.361 e. The predicted molar refractivity (Wildman–Crippen MR) is 112 cm³/mol. The summed E-state index contributed by atoms with van der Waals surface area (Å²) in [5.74, 6) is -0.702. The SMILES string of the molecule is CN(Cc1ccc(Cl)s1)C(=O)CN1C(=O)N[C@H](Cc2c[nH]c3ccccc23)C1=O. The quantitative estimate of drug-likeness (QED) is 0.589. The van der Waals surface area contributed by atoms with Crippen LogP contribution >= 0.6 is 22.9 Å². The van der Waals surface area contributed by atoms with E-state index in [1.54, 1.807) is 13.1 Å². The molecule has 1 aliphatic heterocycles. The summed E-state index contributed by atoms with van der Waals surface area (Å²) in [5.41, 5.74) is 1.92. The van der Waals surface area contributed by atoms with E-state index in [1.165, 1.54) is 16.2 Å². The summed E-state index contributed by atoms with van der Waals surface area (Å²) in [7, 11) is 1.64. The number of benzene rings is 1. The highest BCUT2D eigenvalue weighted by molar-refractivity contribution is 7.16. The highest BCUT2D eigenvalue weighted by Gasteiger charge is 2.39. The standard InChI is InChI=1S/C20H19ClN4O3S/c1-24(10-13-6-7-17(21)29-13)18(26)11-25-19(27)16(23-20(25)28)8-12-9-22-15-5-3-2-4-14(12)15/h2-7,9,16,22H,8,10-11H2,1H3,(H,23,28)/t16-/m1/s1. The highest BCUT2D eigenvalue weighted by Crippen LogP contribution is 2.23. The number of aromatic nitrogens is 1. The number of fused-ring (bicyclic) bond motifs is 1. The van der Waals surface area contributed by atoms with E-state index in [0.29, 0.717) is 17.3 Å². The number of nitrogens with zero attached hydrogens (tertiary/aromatic N) is 2. The molecule has 2 aromatic heterocycles. The van der Waals surface area contributed by atoms with E-state index in [1.807, 2.05) is 36.5 Å². The van der Waals surface area contributed by atoms with Gasteiger partial charge in [-0.05, 0) is 23.8 Å². The molecular weight excluding hydrogens is 412 g/mol. The number of imide groups is 1. The molecule has 4 rings (SSSR count). The Kier molecular flexibility index (Phi) is 5.29. The number of aromatic amines is 1.